The Bertz CT molecular complexity index is 315. The van der Waals surface area contributed by atoms with E-state index in [-0.39, 0.29) is 0 Å². The molecule has 0 saturated carbocycles. The quantitative estimate of drug-likeness (QED) is 0.692. The van der Waals surface area contributed by atoms with Crippen LogP contribution in [0.5, 0.6) is 0 Å². The van der Waals surface area contributed by atoms with Crippen LogP contribution in [-0.2, 0) is 10.5 Å². The fourth-order valence-corrected chi connectivity index (χ4v) is 2.07. The first-order valence-corrected chi connectivity index (χ1v) is 6.08. The smallest absolute Gasteiger partial charge is 0.0991 e. The van der Waals surface area contributed by atoms with Gasteiger partial charge in [0.2, 0.25) is 0 Å². The molecule has 0 saturated heterocycles. The molecule has 0 N–H and O–H groups in total. The summed E-state index contributed by atoms with van der Waals surface area (Å²) in [7, 11) is 1.73. The van der Waals surface area contributed by atoms with Gasteiger partial charge in [-0.2, -0.15) is 17.0 Å². The van der Waals surface area contributed by atoms with E-state index in [9.17, 15) is 0 Å². The highest BCUT2D eigenvalue weighted by Gasteiger charge is 1.94. The van der Waals surface area contributed by atoms with E-state index in [1.165, 1.54) is 5.56 Å². The number of hydrogen-bond donors (Lipinski definition) is 0. The first-order valence-electron chi connectivity index (χ1n) is 4.92. The zero-order valence-corrected chi connectivity index (χ0v) is 9.72. The molecule has 0 atom stereocenters. The lowest BCUT2D eigenvalue weighted by Crippen LogP contribution is -1.91. The van der Waals surface area contributed by atoms with E-state index in [1.807, 2.05) is 36.0 Å². The second-order valence-corrected chi connectivity index (χ2v) is 4.31. The first kappa shape index (κ1) is 12.1. The molecule has 0 heterocycles. The molecule has 3 heteroatoms. The van der Waals surface area contributed by atoms with Gasteiger partial charge < -0.3 is 4.74 Å². The van der Waals surface area contributed by atoms with Gasteiger partial charge in [-0.15, -0.1) is 0 Å². The molecule has 2 nitrogen and oxygen atoms in total. The van der Waals surface area contributed by atoms with Gasteiger partial charge in [-0.25, -0.2) is 0 Å². The van der Waals surface area contributed by atoms with Crippen molar-refractivity contribution in [3.8, 4) is 6.07 Å². The minimum Gasteiger partial charge on any atom is -0.385 e. The van der Waals surface area contributed by atoms with E-state index in [1.54, 1.807) is 7.11 Å². The number of nitriles is 1. The highest BCUT2D eigenvalue weighted by Crippen LogP contribution is 2.13. The number of rotatable bonds is 6. The molecule has 0 fully saturated rings. The molecule has 0 spiro atoms. The van der Waals surface area contributed by atoms with Gasteiger partial charge in [0.15, 0.2) is 0 Å². The topological polar surface area (TPSA) is 33.0 Å². The molecule has 1 aromatic carbocycles. The Balaban J connectivity index is 2.23. The highest BCUT2D eigenvalue weighted by atomic mass is 32.2. The van der Waals surface area contributed by atoms with Crippen molar-refractivity contribution in [1.82, 2.24) is 0 Å². The van der Waals surface area contributed by atoms with E-state index in [2.05, 4.69) is 6.07 Å². The maximum atomic E-state index is 8.63. The molecule has 0 aromatic heterocycles. The van der Waals surface area contributed by atoms with Gasteiger partial charge >= 0.3 is 0 Å². The number of ether oxygens (including phenoxy) is 1. The molecule has 1 rings (SSSR count). The summed E-state index contributed by atoms with van der Waals surface area (Å²) >= 11 is 1.90. The average molecular weight is 221 g/mol. The van der Waals surface area contributed by atoms with Crippen molar-refractivity contribution in [2.75, 3.05) is 19.5 Å². The fourth-order valence-electron chi connectivity index (χ4n) is 1.17. The van der Waals surface area contributed by atoms with Crippen molar-refractivity contribution in [1.29, 1.82) is 5.26 Å². The van der Waals surface area contributed by atoms with E-state index < -0.39 is 0 Å². The van der Waals surface area contributed by atoms with Crippen LogP contribution in [0.1, 0.15) is 17.5 Å². The summed E-state index contributed by atoms with van der Waals surface area (Å²) in [5, 5.41) is 8.63. The first-order chi connectivity index (χ1) is 7.36. The molecular formula is C12H15NOS. The summed E-state index contributed by atoms with van der Waals surface area (Å²) < 4.78 is 4.98. The van der Waals surface area contributed by atoms with Crippen molar-refractivity contribution in [3.05, 3.63) is 35.4 Å². The Morgan fingerprint density at radius 2 is 2.07 bits per heavy atom. The molecule has 80 valence electrons. The Hall–Kier alpha value is -0.980. The molecule has 0 radical (unpaired) electrons. The number of benzene rings is 1. The van der Waals surface area contributed by atoms with Crippen molar-refractivity contribution in [2.24, 2.45) is 0 Å². The molecule has 0 amide bonds. The maximum absolute atomic E-state index is 8.63. The number of methoxy groups -OCH3 is 1. The second-order valence-electron chi connectivity index (χ2n) is 3.21. The van der Waals surface area contributed by atoms with Gasteiger partial charge in [0.25, 0.3) is 0 Å². The van der Waals surface area contributed by atoms with Crippen LogP contribution in [0.2, 0.25) is 0 Å². The van der Waals surface area contributed by atoms with Gasteiger partial charge in [-0.05, 0) is 29.9 Å². The highest BCUT2D eigenvalue weighted by molar-refractivity contribution is 7.98. The lowest BCUT2D eigenvalue weighted by atomic mass is 10.2. The van der Waals surface area contributed by atoms with E-state index >= 15 is 0 Å². The summed E-state index contributed by atoms with van der Waals surface area (Å²) in [4.78, 5) is 0. The van der Waals surface area contributed by atoms with Crippen LogP contribution < -0.4 is 0 Å². The summed E-state index contributed by atoms with van der Waals surface area (Å²) in [6, 6.07) is 9.88. The Kier molecular flexibility index (Phi) is 5.91. The van der Waals surface area contributed by atoms with Crippen molar-refractivity contribution >= 4 is 11.8 Å². The van der Waals surface area contributed by atoms with Gasteiger partial charge in [0.05, 0.1) is 11.6 Å². The van der Waals surface area contributed by atoms with Gasteiger partial charge in [0, 0.05) is 19.5 Å². The van der Waals surface area contributed by atoms with Gasteiger partial charge in [-0.1, -0.05) is 12.1 Å². The average Bonchev–Trinajstić information content (AvgIpc) is 2.30. The minimum absolute atomic E-state index is 0.725. The van der Waals surface area contributed by atoms with E-state index in [0.717, 1.165) is 30.1 Å². The lowest BCUT2D eigenvalue weighted by Gasteiger charge is -2.01. The predicted octanol–water partition coefficient (Wildman–Crippen LogP) is 2.83. The number of thioether (sulfide) groups is 1. The van der Waals surface area contributed by atoms with Crippen LogP contribution in [0.4, 0.5) is 0 Å². The summed E-state index contributed by atoms with van der Waals surface area (Å²) in [6.07, 6.45) is 1.09. The molecule has 0 aliphatic carbocycles. The van der Waals surface area contributed by atoms with Crippen molar-refractivity contribution in [2.45, 2.75) is 12.2 Å². The zero-order chi connectivity index (χ0) is 10.9. The SMILES string of the molecule is COCCCSCc1ccc(C#N)cc1. The van der Waals surface area contributed by atoms with Crippen LogP contribution in [0.15, 0.2) is 24.3 Å². The predicted molar refractivity (Wildman–Crippen MR) is 63.8 cm³/mol. The fraction of sp³-hybridized carbons (Fsp3) is 0.417. The third-order valence-electron chi connectivity index (χ3n) is 1.99. The summed E-state index contributed by atoms with van der Waals surface area (Å²) in [6.45, 7) is 0.834. The largest absolute Gasteiger partial charge is 0.385 e. The van der Waals surface area contributed by atoms with Gasteiger partial charge in [0.1, 0.15) is 0 Å². The maximum Gasteiger partial charge on any atom is 0.0991 e. The summed E-state index contributed by atoms with van der Waals surface area (Å²) in [5.41, 5.74) is 2.00. The van der Waals surface area contributed by atoms with E-state index in [0.29, 0.717) is 0 Å². The van der Waals surface area contributed by atoms with Crippen molar-refractivity contribution in [3.63, 3.8) is 0 Å². The molecule has 0 aliphatic heterocycles. The molecule has 15 heavy (non-hydrogen) atoms. The molecular weight excluding hydrogens is 206 g/mol. The third-order valence-corrected chi connectivity index (χ3v) is 3.10. The molecule has 0 bridgehead atoms. The number of nitrogens with zero attached hydrogens (tertiary/aromatic N) is 1. The zero-order valence-electron chi connectivity index (χ0n) is 8.90. The third kappa shape index (κ3) is 4.87. The monoisotopic (exact) mass is 221 g/mol. The molecule has 1 aromatic rings. The molecule has 0 aliphatic rings. The van der Waals surface area contributed by atoms with Crippen molar-refractivity contribution < 1.29 is 4.74 Å². The van der Waals surface area contributed by atoms with Gasteiger partial charge in [-0.3, -0.25) is 0 Å². The summed E-state index contributed by atoms with van der Waals surface area (Å²) in [5.74, 6) is 2.13. The minimum atomic E-state index is 0.725. The van der Waals surface area contributed by atoms with Crippen LogP contribution in [0, 0.1) is 11.3 Å². The standard InChI is InChI=1S/C12H15NOS/c1-14-7-2-8-15-10-12-5-3-11(9-13)4-6-12/h3-6H,2,7-8,10H2,1H3. The van der Waals surface area contributed by atoms with Crippen LogP contribution in [-0.4, -0.2) is 19.5 Å². The normalized spacial score (nSPS) is 9.87. The Labute approximate surface area is 95.3 Å². The Morgan fingerprint density at radius 1 is 1.33 bits per heavy atom. The van der Waals surface area contributed by atoms with E-state index in [4.69, 9.17) is 10.00 Å². The van der Waals surface area contributed by atoms with Crippen LogP contribution in [0.25, 0.3) is 0 Å². The molecule has 0 unspecified atom stereocenters. The lowest BCUT2D eigenvalue weighted by molar-refractivity contribution is 0.200. The van der Waals surface area contributed by atoms with Crippen LogP contribution >= 0.6 is 11.8 Å². The number of hydrogen-bond acceptors (Lipinski definition) is 3. The van der Waals surface area contributed by atoms with Crippen LogP contribution in [0.3, 0.4) is 0 Å². The Morgan fingerprint density at radius 3 is 2.67 bits per heavy atom. The second kappa shape index (κ2) is 7.33.